The third kappa shape index (κ3) is 2.44. The molecule has 3 nitrogen and oxygen atoms in total. The normalized spacial score (nSPS) is 23.8. The molecule has 0 amide bonds. The molecular weight excluding hydrogens is 218 g/mol. The number of rotatable bonds is 4. The van der Waals surface area contributed by atoms with Crippen molar-refractivity contribution in [1.29, 1.82) is 0 Å². The highest BCUT2D eigenvalue weighted by atomic mass is 32.1. The maximum absolute atomic E-state index is 5.76. The summed E-state index contributed by atoms with van der Waals surface area (Å²) in [5.74, 6) is 1.10. The van der Waals surface area contributed by atoms with E-state index in [4.69, 9.17) is 10.7 Å². The van der Waals surface area contributed by atoms with Crippen LogP contribution in [0.3, 0.4) is 0 Å². The average Bonchev–Trinajstić information content (AvgIpc) is 2.89. The van der Waals surface area contributed by atoms with Crippen LogP contribution in [0.25, 0.3) is 0 Å². The molecule has 2 unspecified atom stereocenters. The van der Waals surface area contributed by atoms with Gasteiger partial charge in [-0.1, -0.05) is 6.92 Å². The highest BCUT2D eigenvalue weighted by Crippen LogP contribution is 2.30. The zero-order chi connectivity index (χ0) is 11.5. The monoisotopic (exact) mass is 239 g/mol. The first-order chi connectivity index (χ1) is 7.74. The maximum Gasteiger partial charge on any atom is 0.0971 e. The highest BCUT2D eigenvalue weighted by Gasteiger charge is 2.24. The van der Waals surface area contributed by atoms with E-state index in [1.807, 2.05) is 0 Å². The standard InChI is InChI=1S/C12H21N3S/c1-3-9(6-13)12-14-11(8-16-12)10-4-5-15(2)7-10/h8-10H,3-7,13H2,1-2H3. The zero-order valence-electron chi connectivity index (χ0n) is 10.1. The Balaban J connectivity index is 2.07. The Labute approximate surface area is 102 Å². The van der Waals surface area contributed by atoms with E-state index in [1.54, 1.807) is 11.3 Å². The Morgan fingerprint density at radius 3 is 3.06 bits per heavy atom. The summed E-state index contributed by atoms with van der Waals surface area (Å²) in [7, 11) is 2.18. The number of hydrogen-bond acceptors (Lipinski definition) is 4. The minimum Gasteiger partial charge on any atom is -0.330 e. The first kappa shape index (κ1) is 12.0. The fraction of sp³-hybridized carbons (Fsp3) is 0.750. The Kier molecular flexibility index (Phi) is 3.95. The Bertz CT molecular complexity index is 333. The largest absolute Gasteiger partial charge is 0.330 e. The van der Waals surface area contributed by atoms with Crippen molar-refractivity contribution in [3.8, 4) is 0 Å². The van der Waals surface area contributed by atoms with E-state index in [1.165, 1.54) is 23.7 Å². The second-order valence-electron chi connectivity index (χ2n) is 4.70. The van der Waals surface area contributed by atoms with Gasteiger partial charge in [0, 0.05) is 30.3 Å². The van der Waals surface area contributed by atoms with E-state index in [0.29, 0.717) is 18.4 Å². The van der Waals surface area contributed by atoms with Crippen molar-refractivity contribution in [2.75, 3.05) is 26.7 Å². The number of nitrogens with zero attached hydrogens (tertiary/aromatic N) is 2. The summed E-state index contributed by atoms with van der Waals surface area (Å²) >= 11 is 1.79. The predicted molar refractivity (Wildman–Crippen MR) is 69.1 cm³/mol. The summed E-state index contributed by atoms with van der Waals surface area (Å²) in [6.07, 6.45) is 2.34. The number of aromatic nitrogens is 1. The molecule has 0 aromatic carbocycles. The van der Waals surface area contributed by atoms with Crippen molar-refractivity contribution in [2.24, 2.45) is 5.73 Å². The van der Waals surface area contributed by atoms with Gasteiger partial charge in [-0.15, -0.1) is 11.3 Å². The minimum atomic E-state index is 0.456. The number of hydrogen-bond donors (Lipinski definition) is 1. The van der Waals surface area contributed by atoms with E-state index in [2.05, 4.69) is 24.3 Å². The zero-order valence-corrected chi connectivity index (χ0v) is 11.0. The molecule has 1 aromatic rings. The third-order valence-corrected chi connectivity index (χ3v) is 4.50. The summed E-state index contributed by atoms with van der Waals surface area (Å²) in [6, 6.07) is 0. The number of likely N-dealkylation sites (N-methyl/N-ethyl adjacent to an activating group) is 1. The molecule has 1 aromatic heterocycles. The van der Waals surface area contributed by atoms with E-state index >= 15 is 0 Å². The molecule has 0 aliphatic carbocycles. The number of likely N-dealkylation sites (tertiary alicyclic amines) is 1. The molecule has 2 atom stereocenters. The van der Waals surface area contributed by atoms with Gasteiger partial charge in [-0.05, 0) is 26.4 Å². The van der Waals surface area contributed by atoms with Crippen molar-refractivity contribution in [2.45, 2.75) is 31.6 Å². The third-order valence-electron chi connectivity index (χ3n) is 3.48. The molecule has 0 radical (unpaired) electrons. The van der Waals surface area contributed by atoms with Crippen molar-refractivity contribution in [3.63, 3.8) is 0 Å². The molecule has 90 valence electrons. The topological polar surface area (TPSA) is 42.1 Å². The summed E-state index contributed by atoms with van der Waals surface area (Å²) in [5, 5.41) is 3.46. The SMILES string of the molecule is CCC(CN)c1nc(C2CCN(C)C2)cs1. The number of nitrogens with two attached hydrogens (primary N) is 1. The van der Waals surface area contributed by atoms with Crippen LogP contribution >= 0.6 is 11.3 Å². The molecule has 1 aliphatic rings. The molecule has 16 heavy (non-hydrogen) atoms. The molecule has 2 heterocycles. The highest BCUT2D eigenvalue weighted by molar-refractivity contribution is 7.09. The fourth-order valence-electron chi connectivity index (χ4n) is 2.29. The first-order valence-electron chi connectivity index (χ1n) is 6.08. The van der Waals surface area contributed by atoms with Crippen LogP contribution < -0.4 is 5.73 Å². The van der Waals surface area contributed by atoms with E-state index < -0.39 is 0 Å². The van der Waals surface area contributed by atoms with Crippen molar-refractivity contribution >= 4 is 11.3 Å². The van der Waals surface area contributed by atoms with Gasteiger partial charge in [-0.2, -0.15) is 0 Å². The van der Waals surface area contributed by atoms with Crippen molar-refractivity contribution in [1.82, 2.24) is 9.88 Å². The van der Waals surface area contributed by atoms with Gasteiger partial charge in [0.25, 0.3) is 0 Å². The summed E-state index contributed by atoms with van der Waals surface area (Å²) in [4.78, 5) is 7.16. The van der Waals surface area contributed by atoms with Crippen LogP contribution in [-0.2, 0) is 0 Å². The smallest absolute Gasteiger partial charge is 0.0971 e. The fourth-order valence-corrected chi connectivity index (χ4v) is 3.39. The van der Waals surface area contributed by atoms with E-state index in [-0.39, 0.29) is 0 Å². The van der Waals surface area contributed by atoms with Crippen LogP contribution in [-0.4, -0.2) is 36.6 Å². The average molecular weight is 239 g/mol. The first-order valence-corrected chi connectivity index (χ1v) is 6.96. The molecule has 1 fully saturated rings. The van der Waals surface area contributed by atoms with Crippen LogP contribution in [0.2, 0.25) is 0 Å². The lowest BCUT2D eigenvalue weighted by atomic mass is 10.1. The minimum absolute atomic E-state index is 0.456. The molecular formula is C12H21N3S. The predicted octanol–water partition coefficient (Wildman–Crippen LogP) is 2.01. The molecule has 1 saturated heterocycles. The van der Waals surface area contributed by atoms with E-state index in [9.17, 15) is 0 Å². The van der Waals surface area contributed by atoms with Crippen LogP contribution in [0.4, 0.5) is 0 Å². The molecule has 0 saturated carbocycles. The van der Waals surface area contributed by atoms with Gasteiger partial charge >= 0.3 is 0 Å². The quantitative estimate of drug-likeness (QED) is 0.874. The maximum atomic E-state index is 5.76. The number of thiazole rings is 1. The van der Waals surface area contributed by atoms with Crippen LogP contribution in [0, 0.1) is 0 Å². The summed E-state index contributed by atoms with van der Waals surface area (Å²) < 4.78 is 0. The van der Waals surface area contributed by atoms with Crippen molar-refractivity contribution in [3.05, 3.63) is 16.1 Å². The van der Waals surface area contributed by atoms with E-state index in [0.717, 1.165) is 13.0 Å². The van der Waals surface area contributed by atoms with Crippen LogP contribution in [0.1, 0.15) is 42.3 Å². The molecule has 0 spiro atoms. The van der Waals surface area contributed by atoms with Crippen molar-refractivity contribution < 1.29 is 0 Å². The van der Waals surface area contributed by atoms with Crippen LogP contribution in [0.5, 0.6) is 0 Å². The molecule has 2 N–H and O–H groups in total. The van der Waals surface area contributed by atoms with Gasteiger partial charge in [-0.25, -0.2) is 4.98 Å². The molecule has 1 aliphatic heterocycles. The molecule has 2 rings (SSSR count). The summed E-state index contributed by atoms with van der Waals surface area (Å²) in [5.41, 5.74) is 7.05. The van der Waals surface area contributed by atoms with Crippen LogP contribution in [0.15, 0.2) is 5.38 Å². The lowest BCUT2D eigenvalue weighted by Crippen LogP contribution is -2.14. The Morgan fingerprint density at radius 1 is 1.69 bits per heavy atom. The summed E-state index contributed by atoms with van der Waals surface area (Å²) in [6.45, 7) is 5.25. The van der Waals surface area contributed by atoms with Gasteiger partial charge in [0.2, 0.25) is 0 Å². The van der Waals surface area contributed by atoms with Gasteiger partial charge in [-0.3, -0.25) is 0 Å². The Morgan fingerprint density at radius 2 is 2.50 bits per heavy atom. The molecule has 0 bridgehead atoms. The molecule has 4 heteroatoms. The lowest BCUT2D eigenvalue weighted by Gasteiger charge is -2.09. The second kappa shape index (κ2) is 5.25. The van der Waals surface area contributed by atoms with Gasteiger partial charge in [0.15, 0.2) is 0 Å². The Hall–Kier alpha value is -0.450. The second-order valence-corrected chi connectivity index (χ2v) is 5.59. The van der Waals surface area contributed by atoms with Gasteiger partial charge < -0.3 is 10.6 Å². The van der Waals surface area contributed by atoms with Gasteiger partial charge in [0.05, 0.1) is 10.7 Å². The lowest BCUT2D eigenvalue weighted by molar-refractivity contribution is 0.411. The van der Waals surface area contributed by atoms with Gasteiger partial charge in [0.1, 0.15) is 0 Å².